The molecule has 168 valence electrons. The first kappa shape index (κ1) is 24.3. The van der Waals surface area contributed by atoms with Crippen molar-refractivity contribution in [2.75, 3.05) is 78.5 Å². The first-order valence-electron chi connectivity index (χ1n) is 11.1. The molecule has 0 radical (unpaired) electrons. The maximum absolute atomic E-state index is 12.2. The first-order chi connectivity index (χ1) is 14.7. The van der Waals surface area contributed by atoms with Gasteiger partial charge in [-0.25, -0.2) is 0 Å². The number of nitriles is 1. The average Bonchev–Trinajstić information content (AvgIpc) is 2.77. The molecular formula is C21H37N7O2. The Morgan fingerprint density at radius 2 is 1.50 bits per heavy atom. The predicted octanol–water partition coefficient (Wildman–Crippen LogP) is -1.10. The summed E-state index contributed by atoms with van der Waals surface area (Å²) >= 11 is 0. The van der Waals surface area contributed by atoms with Crippen molar-refractivity contribution in [2.45, 2.75) is 19.3 Å². The number of carbonyl (C=O) groups excluding carboxylic acids is 2. The minimum Gasteiger partial charge on any atom is -0.355 e. The van der Waals surface area contributed by atoms with Crippen LogP contribution in [0.3, 0.4) is 0 Å². The number of piperazine rings is 2. The molecule has 0 aliphatic carbocycles. The summed E-state index contributed by atoms with van der Waals surface area (Å²) in [7, 11) is 0. The molecule has 2 saturated heterocycles. The van der Waals surface area contributed by atoms with Crippen molar-refractivity contribution < 1.29 is 9.59 Å². The molecule has 0 saturated carbocycles. The number of hydrogen-bond donors (Lipinski definition) is 4. The molecule has 9 heteroatoms. The average molecular weight is 420 g/mol. The monoisotopic (exact) mass is 419 g/mol. The molecule has 30 heavy (non-hydrogen) atoms. The molecule has 2 amide bonds. The van der Waals surface area contributed by atoms with Gasteiger partial charge in [-0.05, 0) is 12.8 Å². The van der Waals surface area contributed by atoms with Gasteiger partial charge in [-0.1, -0.05) is 12.2 Å². The van der Waals surface area contributed by atoms with E-state index >= 15 is 0 Å². The van der Waals surface area contributed by atoms with Gasteiger partial charge >= 0.3 is 0 Å². The number of allylic oxidation sites excluding steroid dienone is 1. The minimum atomic E-state index is -0.648. The fourth-order valence-electron chi connectivity index (χ4n) is 3.58. The molecule has 0 bridgehead atoms. The van der Waals surface area contributed by atoms with Crippen molar-refractivity contribution >= 4 is 11.8 Å². The lowest BCUT2D eigenvalue weighted by Gasteiger charge is -2.27. The van der Waals surface area contributed by atoms with Gasteiger partial charge in [0.05, 0.1) is 6.07 Å². The van der Waals surface area contributed by atoms with Crippen molar-refractivity contribution in [1.82, 2.24) is 31.1 Å². The van der Waals surface area contributed by atoms with E-state index in [9.17, 15) is 14.9 Å². The van der Waals surface area contributed by atoms with E-state index in [0.717, 1.165) is 65.4 Å². The first-order valence-corrected chi connectivity index (χ1v) is 11.1. The Bertz CT molecular complexity index is 578. The van der Waals surface area contributed by atoms with Gasteiger partial charge in [-0.2, -0.15) is 5.26 Å². The van der Waals surface area contributed by atoms with Crippen LogP contribution >= 0.6 is 0 Å². The van der Waals surface area contributed by atoms with Gasteiger partial charge in [0.15, 0.2) is 0 Å². The van der Waals surface area contributed by atoms with Crippen LogP contribution in [0.5, 0.6) is 0 Å². The Morgan fingerprint density at radius 1 is 0.933 bits per heavy atom. The number of carbonyl (C=O) groups is 2. The zero-order chi connectivity index (χ0) is 21.4. The van der Waals surface area contributed by atoms with E-state index in [0.29, 0.717) is 32.4 Å². The van der Waals surface area contributed by atoms with E-state index in [1.807, 2.05) is 12.2 Å². The Morgan fingerprint density at radius 3 is 2.07 bits per heavy atom. The van der Waals surface area contributed by atoms with Crippen molar-refractivity contribution in [1.29, 1.82) is 5.26 Å². The molecule has 2 rings (SSSR count). The van der Waals surface area contributed by atoms with Crippen molar-refractivity contribution in [3.05, 3.63) is 12.2 Å². The molecule has 2 aliphatic heterocycles. The smallest absolute Gasteiger partial charge is 0.237 e. The fraction of sp³-hybridized carbons (Fsp3) is 0.762. The van der Waals surface area contributed by atoms with E-state index in [2.05, 4.69) is 37.1 Å². The Kier molecular flexibility index (Phi) is 12.1. The molecule has 0 spiro atoms. The van der Waals surface area contributed by atoms with Gasteiger partial charge in [0.25, 0.3) is 0 Å². The molecule has 1 unspecified atom stereocenters. The third kappa shape index (κ3) is 10.2. The molecule has 2 aliphatic rings. The Labute approximate surface area is 180 Å². The Hall–Kier alpha value is -1.99. The highest BCUT2D eigenvalue weighted by Gasteiger charge is 2.17. The highest BCUT2D eigenvalue weighted by molar-refractivity contribution is 5.81. The van der Waals surface area contributed by atoms with Crippen molar-refractivity contribution in [2.24, 2.45) is 5.92 Å². The van der Waals surface area contributed by atoms with Gasteiger partial charge in [0.2, 0.25) is 11.8 Å². The number of nitrogens with one attached hydrogen (secondary N) is 4. The molecule has 2 fully saturated rings. The third-order valence-electron chi connectivity index (χ3n) is 5.46. The van der Waals surface area contributed by atoms with Crippen LogP contribution in [-0.4, -0.2) is 100 Å². The molecule has 2 heterocycles. The van der Waals surface area contributed by atoms with Crippen LogP contribution in [-0.2, 0) is 9.59 Å². The normalized spacial score (nSPS) is 19.3. The molecular weight excluding hydrogens is 382 g/mol. The maximum Gasteiger partial charge on any atom is 0.237 e. The zero-order valence-electron chi connectivity index (χ0n) is 18.0. The van der Waals surface area contributed by atoms with Crippen molar-refractivity contribution in [3.63, 3.8) is 0 Å². The highest BCUT2D eigenvalue weighted by Crippen LogP contribution is 2.07. The highest BCUT2D eigenvalue weighted by atomic mass is 16.2. The molecule has 0 aromatic rings. The zero-order valence-corrected chi connectivity index (χ0v) is 18.0. The van der Waals surface area contributed by atoms with Gasteiger partial charge in [0, 0.05) is 85.0 Å². The van der Waals surface area contributed by atoms with Crippen molar-refractivity contribution in [3.8, 4) is 6.07 Å². The lowest BCUT2D eigenvalue weighted by atomic mass is 10.0. The van der Waals surface area contributed by atoms with Crippen LogP contribution in [0.25, 0.3) is 0 Å². The van der Waals surface area contributed by atoms with Crippen LogP contribution in [0.1, 0.15) is 19.3 Å². The summed E-state index contributed by atoms with van der Waals surface area (Å²) in [6.07, 6.45) is 5.11. The fourth-order valence-corrected chi connectivity index (χ4v) is 3.58. The SMILES string of the molecule is N#CC(CC/C=C\CC(=O)NCCN1CCNCC1)C(=O)NCCN1CCNCC1. The van der Waals surface area contributed by atoms with Crippen LogP contribution in [0.15, 0.2) is 12.2 Å². The van der Waals surface area contributed by atoms with Crippen LogP contribution in [0, 0.1) is 17.2 Å². The summed E-state index contributed by atoms with van der Waals surface area (Å²) in [6.45, 7) is 10.9. The molecule has 4 N–H and O–H groups in total. The number of rotatable bonds is 12. The van der Waals surface area contributed by atoms with Crippen LogP contribution in [0.2, 0.25) is 0 Å². The number of nitrogens with zero attached hydrogens (tertiary/aromatic N) is 3. The van der Waals surface area contributed by atoms with Crippen LogP contribution < -0.4 is 21.3 Å². The minimum absolute atomic E-state index is 0.00359. The predicted molar refractivity (Wildman–Crippen MR) is 117 cm³/mol. The largest absolute Gasteiger partial charge is 0.355 e. The summed E-state index contributed by atoms with van der Waals surface area (Å²) < 4.78 is 0. The quantitative estimate of drug-likeness (QED) is 0.297. The second-order valence-corrected chi connectivity index (χ2v) is 7.76. The number of amides is 2. The Balaban J connectivity index is 1.51. The standard InChI is InChI=1S/C21H37N7O2/c22-18-19(21(30)26-11-17-28-14-8-24-9-15-28)4-2-1-3-5-20(29)25-10-16-27-12-6-23-7-13-27/h1,3,19,23-24H,2,4-17H2,(H,25,29)(H,26,30)/b3-1-. The van der Waals surface area contributed by atoms with Gasteiger partial charge in [-0.15, -0.1) is 0 Å². The number of hydrogen-bond acceptors (Lipinski definition) is 7. The third-order valence-corrected chi connectivity index (χ3v) is 5.46. The van der Waals surface area contributed by atoms with Gasteiger partial charge in [-0.3, -0.25) is 19.4 Å². The summed E-state index contributed by atoms with van der Waals surface area (Å²) in [5.74, 6) is -0.846. The molecule has 9 nitrogen and oxygen atoms in total. The van der Waals surface area contributed by atoms with E-state index < -0.39 is 5.92 Å². The second kappa shape index (κ2) is 14.9. The molecule has 0 aromatic carbocycles. The van der Waals surface area contributed by atoms with Crippen LogP contribution in [0.4, 0.5) is 0 Å². The van der Waals surface area contributed by atoms with E-state index in [-0.39, 0.29) is 11.8 Å². The summed E-state index contributed by atoms with van der Waals surface area (Å²) in [5.41, 5.74) is 0. The topological polar surface area (TPSA) is 113 Å². The lowest BCUT2D eigenvalue weighted by Crippen LogP contribution is -2.46. The summed E-state index contributed by atoms with van der Waals surface area (Å²) in [6, 6.07) is 2.09. The maximum atomic E-state index is 12.2. The van der Waals surface area contributed by atoms with Gasteiger partial charge in [0.1, 0.15) is 5.92 Å². The lowest BCUT2D eigenvalue weighted by molar-refractivity contribution is -0.123. The molecule has 0 aromatic heterocycles. The van der Waals surface area contributed by atoms with Gasteiger partial charge < -0.3 is 21.3 Å². The molecule has 1 atom stereocenters. The van der Waals surface area contributed by atoms with E-state index in [1.54, 1.807) is 0 Å². The van der Waals surface area contributed by atoms with E-state index in [1.165, 1.54) is 0 Å². The summed E-state index contributed by atoms with van der Waals surface area (Å²) in [5, 5.41) is 21.7. The summed E-state index contributed by atoms with van der Waals surface area (Å²) in [4.78, 5) is 28.7. The second-order valence-electron chi connectivity index (χ2n) is 7.76. The van der Waals surface area contributed by atoms with E-state index in [4.69, 9.17) is 0 Å².